The first-order valence-electron chi connectivity index (χ1n) is 6.57. The van der Waals surface area contributed by atoms with Gasteiger partial charge in [-0.2, -0.15) is 11.3 Å². The van der Waals surface area contributed by atoms with Crippen LogP contribution in [0.5, 0.6) is 0 Å². The molecule has 1 aromatic heterocycles. The van der Waals surface area contributed by atoms with Gasteiger partial charge in [0.2, 0.25) is 0 Å². The lowest BCUT2D eigenvalue weighted by Crippen LogP contribution is -2.54. The van der Waals surface area contributed by atoms with Gasteiger partial charge in [0, 0.05) is 0 Å². The second-order valence-electron chi connectivity index (χ2n) is 4.80. The van der Waals surface area contributed by atoms with Gasteiger partial charge in [0.1, 0.15) is 5.57 Å². The summed E-state index contributed by atoms with van der Waals surface area (Å²) in [5.41, 5.74) is 1.94. The Kier molecular flexibility index (Phi) is 3.60. The molecule has 1 saturated heterocycles. The fourth-order valence-electron chi connectivity index (χ4n) is 2.21. The van der Waals surface area contributed by atoms with Gasteiger partial charge in [-0.3, -0.25) is 14.9 Å². The van der Waals surface area contributed by atoms with Crippen LogP contribution in [0.1, 0.15) is 11.1 Å². The quantitative estimate of drug-likeness (QED) is 0.685. The molecule has 0 saturated carbocycles. The molecule has 5 nitrogen and oxygen atoms in total. The zero-order valence-corrected chi connectivity index (χ0v) is 12.5. The summed E-state index contributed by atoms with van der Waals surface area (Å²) in [6.45, 7) is 1.80. The van der Waals surface area contributed by atoms with E-state index >= 15 is 0 Å². The number of nitrogens with zero attached hydrogens (tertiary/aromatic N) is 1. The topological polar surface area (TPSA) is 66.5 Å². The van der Waals surface area contributed by atoms with Crippen molar-refractivity contribution >= 4 is 40.9 Å². The number of carbonyl (C=O) groups excluding carboxylic acids is 3. The van der Waals surface area contributed by atoms with E-state index in [0.29, 0.717) is 5.69 Å². The van der Waals surface area contributed by atoms with Gasteiger partial charge in [0.15, 0.2) is 0 Å². The summed E-state index contributed by atoms with van der Waals surface area (Å²) >= 11 is 1.46. The lowest BCUT2D eigenvalue weighted by atomic mass is 10.1. The number of imide groups is 2. The van der Waals surface area contributed by atoms with Gasteiger partial charge < -0.3 is 0 Å². The Bertz CT molecular complexity index is 793. The van der Waals surface area contributed by atoms with Gasteiger partial charge in [0.05, 0.1) is 5.69 Å². The molecule has 2 heterocycles. The number of nitrogens with one attached hydrogen (secondary N) is 1. The third-order valence-electron chi connectivity index (χ3n) is 3.31. The zero-order valence-electron chi connectivity index (χ0n) is 11.7. The van der Waals surface area contributed by atoms with Gasteiger partial charge >= 0.3 is 6.03 Å². The number of benzene rings is 1. The number of amides is 4. The summed E-state index contributed by atoms with van der Waals surface area (Å²) in [6.07, 6.45) is 1.49. The zero-order chi connectivity index (χ0) is 15.7. The number of urea groups is 1. The molecule has 0 spiro atoms. The van der Waals surface area contributed by atoms with Gasteiger partial charge in [-0.25, -0.2) is 9.69 Å². The molecule has 0 bridgehead atoms. The van der Waals surface area contributed by atoms with Crippen molar-refractivity contribution < 1.29 is 14.4 Å². The average molecular weight is 312 g/mol. The molecule has 2 aromatic rings. The first-order chi connectivity index (χ1) is 10.6. The van der Waals surface area contributed by atoms with Crippen LogP contribution in [0.2, 0.25) is 0 Å². The Morgan fingerprint density at radius 2 is 1.91 bits per heavy atom. The number of hydrogen-bond acceptors (Lipinski definition) is 4. The maximum atomic E-state index is 12.6. The van der Waals surface area contributed by atoms with E-state index in [9.17, 15) is 14.4 Å². The monoisotopic (exact) mass is 312 g/mol. The molecule has 0 atom stereocenters. The van der Waals surface area contributed by atoms with E-state index in [0.717, 1.165) is 16.0 Å². The lowest BCUT2D eigenvalue weighted by molar-refractivity contribution is -0.122. The molecule has 0 unspecified atom stereocenters. The van der Waals surface area contributed by atoms with Crippen molar-refractivity contribution in [3.8, 4) is 0 Å². The highest BCUT2D eigenvalue weighted by molar-refractivity contribution is 7.08. The van der Waals surface area contributed by atoms with Crippen molar-refractivity contribution in [3.05, 3.63) is 57.8 Å². The highest BCUT2D eigenvalue weighted by Crippen LogP contribution is 2.25. The smallest absolute Gasteiger partial charge is 0.273 e. The minimum absolute atomic E-state index is 0.0544. The summed E-state index contributed by atoms with van der Waals surface area (Å²) < 4.78 is 0. The minimum Gasteiger partial charge on any atom is -0.273 e. The van der Waals surface area contributed by atoms with Crippen molar-refractivity contribution in [2.75, 3.05) is 4.90 Å². The Balaban J connectivity index is 2.05. The molecule has 1 N–H and O–H groups in total. The van der Waals surface area contributed by atoms with Crippen LogP contribution < -0.4 is 10.2 Å². The van der Waals surface area contributed by atoms with Gasteiger partial charge in [0.25, 0.3) is 11.8 Å². The Morgan fingerprint density at radius 1 is 1.14 bits per heavy atom. The van der Waals surface area contributed by atoms with Crippen LogP contribution in [-0.2, 0) is 9.59 Å². The van der Waals surface area contributed by atoms with E-state index in [2.05, 4.69) is 5.32 Å². The standard InChI is InChI=1S/C16H12N2O3S/c1-10-4-2-3-5-13(10)18-15(20)12(14(19)17-16(18)21)8-11-6-7-22-9-11/h2-9H,1H3,(H,17,19,21)/b12-8+. The number of carbonyl (C=O) groups is 3. The van der Waals surface area contributed by atoms with Crippen LogP contribution in [0.3, 0.4) is 0 Å². The number of rotatable bonds is 2. The molecule has 1 aliphatic rings. The summed E-state index contributed by atoms with van der Waals surface area (Å²) in [7, 11) is 0. The van der Waals surface area contributed by atoms with E-state index in [1.54, 1.807) is 31.2 Å². The average Bonchev–Trinajstić information content (AvgIpc) is 2.98. The molecule has 110 valence electrons. The SMILES string of the molecule is Cc1ccccc1N1C(=O)NC(=O)/C(=C\c2ccsc2)C1=O. The minimum atomic E-state index is -0.730. The first-order valence-corrected chi connectivity index (χ1v) is 7.51. The number of aryl methyl sites for hydroxylation is 1. The fourth-order valence-corrected chi connectivity index (χ4v) is 2.83. The van der Waals surface area contributed by atoms with E-state index in [-0.39, 0.29) is 5.57 Å². The highest BCUT2D eigenvalue weighted by Gasteiger charge is 2.37. The van der Waals surface area contributed by atoms with Crippen LogP contribution in [0.15, 0.2) is 46.7 Å². The number of thiophene rings is 1. The number of barbiturate groups is 1. The molecule has 3 rings (SSSR count). The number of anilines is 1. The molecular weight excluding hydrogens is 300 g/mol. The normalized spacial score (nSPS) is 17.0. The molecule has 4 amide bonds. The molecule has 1 aromatic carbocycles. The first kappa shape index (κ1) is 14.2. The van der Waals surface area contributed by atoms with Crippen molar-refractivity contribution in [3.63, 3.8) is 0 Å². The molecule has 22 heavy (non-hydrogen) atoms. The predicted octanol–water partition coefficient (Wildman–Crippen LogP) is 2.72. The molecule has 0 radical (unpaired) electrons. The van der Waals surface area contributed by atoms with Crippen LogP contribution >= 0.6 is 11.3 Å². The highest BCUT2D eigenvalue weighted by atomic mass is 32.1. The molecular formula is C16H12N2O3S. The molecule has 1 fully saturated rings. The number of hydrogen-bond donors (Lipinski definition) is 1. The summed E-state index contributed by atoms with van der Waals surface area (Å²) in [4.78, 5) is 37.6. The Hall–Kier alpha value is -2.73. The molecule has 0 aliphatic carbocycles. The van der Waals surface area contributed by atoms with Crippen molar-refractivity contribution in [1.82, 2.24) is 5.32 Å². The third-order valence-corrected chi connectivity index (χ3v) is 4.01. The Morgan fingerprint density at radius 3 is 2.59 bits per heavy atom. The van der Waals surface area contributed by atoms with Crippen LogP contribution in [0, 0.1) is 6.92 Å². The van der Waals surface area contributed by atoms with Gasteiger partial charge in [-0.1, -0.05) is 18.2 Å². The van der Waals surface area contributed by atoms with Gasteiger partial charge in [-0.05, 0) is 47.0 Å². The summed E-state index contributed by atoms with van der Waals surface area (Å²) in [5.74, 6) is -1.29. The predicted molar refractivity (Wildman–Crippen MR) is 84.5 cm³/mol. The largest absolute Gasteiger partial charge is 0.335 e. The molecule has 1 aliphatic heterocycles. The van der Waals surface area contributed by atoms with Crippen LogP contribution in [0.25, 0.3) is 6.08 Å². The lowest BCUT2D eigenvalue weighted by Gasteiger charge is -2.27. The molecule has 6 heteroatoms. The second-order valence-corrected chi connectivity index (χ2v) is 5.58. The fraction of sp³-hybridized carbons (Fsp3) is 0.0625. The van der Waals surface area contributed by atoms with Crippen LogP contribution in [-0.4, -0.2) is 17.8 Å². The van der Waals surface area contributed by atoms with E-state index in [1.807, 2.05) is 16.8 Å². The van der Waals surface area contributed by atoms with Crippen molar-refractivity contribution in [1.29, 1.82) is 0 Å². The summed E-state index contributed by atoms with van der Waals surface area (Å²) in [6, 6.07) is 8.10. The second kappa shape index (κ2) is 5.57. The van der Waals surface area contributed by atoms with Crippen molar-refractivity contribution in [2.45, 2.75) is 6.92 Å². The maximum absolute atomic E-state index is 12.6. The Labute approximate surface area is 130 Å². The van der Waals surface area contributed by atoms with E-state index in [4.69, 9.17) is 0 Å². The van der Waals surface area contributed by atoms with Crippen LogP contribution in [0.4, 0.5) is 10.5 Å². The summed E-state index contributed by atoms with van der Waals surface area (Å²) in [5, 5.41) is 5.88. The maximum Gasteiger partial charge on any atom is 0.335 e. The van der Waals surface area contributed by atoms with Crippen molar-refractivity contribution in [2.24, 2.45) is 0 Å². The van der Waals surface area contributed by atoms with E-state index in [1.165, 1.54) is 17.4 Å². The third kappa shape index (κ3) is 2.44. The van der Waals surface area contributed by atoms with E-state index < -0.39 is 17.8 Å². The number of para-hydroxylation sites is 1. The van der Waals surface area contributed by atoms with Gasteiger partial charge in [-0.15, -0.1) is 0 Å².